The van der Waals surface area contributed by atoms with Gasteiger partial charge in [0, 0.05) is 16.3 Å². The minimum Gasteiger partial charge on any atom is -0.504 e. The van der Waals surface area contributed by atoms with Crippen LogP contribution in [0.25, 0.3) is 0 Å². The molecule has 0 saturated carbocycles. The number of carbonyl (C=O) groups excluding carboxylic acids is 1. The second-order valence-electron chi connectivity index (χ2n) is 5.72. The van der Waals surface area contributed by atoms with Gasteiger partial charge in [-0.15, -0.1) is 11.8 Å². The Morgan fingerprint density at radius 1 is 1.31 bits per heavy atom. The number of carboxylic acids is 1. The van der Waals surface area contributed by atoms with E-state index in [0.717, 1.165) is 11.8 Å². The summed E-state index contributed by atoms with van der Waals surface area (Å²) in [6, 6.07) is 10.1. The molecular weight excluding hydrogens is 378 g/mol. The predicted molar refractivity (Wildman–Crippen MR) is 100 cm³/mol. The van der Waals surface area contributed by atoms with Crippen molar-refractivity contribution in [3.05, 3.63) is 52.5 Å². The first-order valence-electron chi connectivity index (χ1n) is 7.74. The molecule has 26 heavy (non-hydrogen) atoms. The van der Waals surface area contributed by atoms with Gasteiger partial charge in [-0.25, -0.2) is 0 Å². The Bertz CT molecular complexity index is 873. The van der Waals surface area contributed by atoms with E-state index in [1.165, 1.54) is 7.11 Å². The number of halogens is 1. The van der Waals surface area contributed by atoms with E-state index in [9.17, 15) is 14.7 Å². The number of aliphatic carboxylic acids is 1. The fourth-order valence-electron chi connectivity index (χ4n) is 2.83. The summed E-state index contributed by atoms with van der Waals surface area (Å²) < 4.78 is 5.17. The van der Waals surface area contributed by atoms with Crippen molar-refractivity contribution in [1.29, 1.82) is 0 Å². The Morgan fingerprint density at radius 3 is 2.77 bits per heavy atom. The summed E-state index contributed by atoms with van der Waals surface area (Å²) in [5, 5.41) is 21.6. The highest BCUT2D eigenvalue weighted by Gasteiger charge is 2.34. The average Bonchev–Trinajstić information content (AvgIpc) is 2.72. The molecule has 0 bridgehead atoms. The van der Waals surface area contributed by atoms with Crippen molar-refractivity contribution in [2.45, 2.75) is 16.9 Å². The van der Waals surface area contributed by atoms with Gasteiger partial charge >= 0.3 is 5.97 Å². The molecule has 1 amide bonds. The van der Waals surface area contributed by atoms with Gasteiger partial charge in [0.25, 0.3) is 0 Å². The Balaban J connectivity index is 2.15. The van der Waals surface area contributed by atoms with Crippen LogP contribution in [0.15, 0.2) is 36.4 Å². The quantitative estimate of drug-likeness (QED) is 0.733. The summed E-state index contributed by atoms with van der Waals surface area (Å²) in [5.74, 6) is -1.23. The number of hydrogen-bond acceptors (Lipinski definition) is 5. The lowest BCUT2D eigenvalue weighted by Gasteiger charge is -2.21. The number of nitrogens with one attached hydrogen (secondary N) is 1. The first-order valence-corrected chi connectivity index (χ1v) is 9.06. The summed E-state index contributed by atoms with van der Waals surface area (Å²) in [6.45, 7) is 0. The van der Waals surface area contributed by atoms with Gasteiger partial charge < -0.3 is 20.3 Å². The van der Waals surface area contributed by atoms with Gasteiger partial charge in [0.15, 0.2) is 11.5 Å². The minimum atomic E-state index is -1.07. The number of ether oxygens (including phenoxy) is 1. The smallest absolute Gasteiger partial charge is 0.305 e. The molecule has 6 nitrogen and oxygen atoms in total. The average molecular weight is 394 g/mol. The van der Waals surface area contributed by atoms with Gasteiger partial charge in [-0.05, 0) is 29.8 Å². The molecule has 0 spiro atoms. The number of benzene rings is 2. The zero-order chi connectivity index (χ0) is 18.8. The number of hydrogen-bond donors (Lipinski definition) is 3. The van der Waals surface area contributed by atoms with Crippen LogP contribution in [-0.4, -0.2) is 34.4 Å². The van der Waals surface area contributed by atoms with Gasteiger partial charge in [0.05, 0.1) is 24.0 Å². The Morgan fingerprint density at radius 2 is 2.08 bits per heavy atom. The van der Waals surface area contributed by atoms with Crippen molar-refractivity contribution in [1.82, 2.24) is 0 Å². The van der Waals surface area contributed by atoms with Crippen LogP contribution in [0, 0.1) is 0 Å². The van der Waals surface area contributed by atoms with Crippen LogP contribution in [0.5, 0.6) is 11.5 Å². The Labute approximate surface area is 159 Å². The molecule has 1 heterocycles. The summed E-state index contributed by atoms with van der Waals surface area (Å²) in [4.78, 5) is 23.6. The number of phenolic OH excluding ortho intramolecular Hbond substituents is 1. The predicted octanol–water partition coefficient (Wildman–Crippen LogP) is 3.67. The SMILES string of the molecule is COc1cccc(C2SC(CC(=O)O)C(=O)Nc3ccc(Cl)cc32)c1O. The highest BCUT2D eigenvalue weighted by atomic mass is 35.5. The van der Waals surface area contributed by atoms with Gasteiger partial charge in [-0.1, -0.05) is 23.7 Å². The second kappa shape index (κ2) is 7.47. The molecule has 1 aliphatic rings. The van der Waals surface area contributed by atoms with Gasteiger partial charge in [-0.2, -0.15) is 0 Å². The number of aromatic hydroxyl groups is 1. The molecule has 2 aromatic carbocycles. The first-order chi connectivity index (χ1) is 12.4. The molecule has 2 unspecified atom stereocenters. The van der Waals surface area contributed by atoms with E-state index in [2.05, 4.69) is 5.32 Å². The molecule has 136 valence electrons. The number of para-hydroxylation sites is 1. The summed E-state index contributed by atoms with van der Waals surface area (Å²) in [5.41, 5.74) is 1.74. The lowest BCUT2D eigenvalue weighted by Crippen LogP contribution is -2.26. The van der Waals surface area contributed by atoms with E-state index in [1.807, 2.05) is 0 Å². The number of methoxy groups -OCH3 is 1. The molecule has 3 rings (SSSR count). The van der Waals surface area contributed by atoms with Crippen LogP contribution >= 0.6 is 23.4 Å². The molecule has 0 aliphatic carbocycles. The Kier molecular flexibility index (Phi) is 5.29. The third-order valence-electron chi connectivity index (χ3n) is 4.04. The maximum absolute atomic E-state index is 12.5. The van der Waals surface area contributed by atoms with Crippen molar-refractivity contribution in [2.75, 3.05) is 12.4 Å². The maximum atomic E-state index is 12.5. The summed E-state index contributed by atoms with van der Waals surface area (Å²) in [7, 11) is 1.45. The first kappa shape index (κ1) is 18.4. The van der Waals surface area contributed by atoms with Gasteiger partial charge in [0.1, 0.15) is 0 Å². The van der Waals surface area contributed by atoms with E-state index in [-0.39, 0.29) is 12.2 Å². The maximum Gasteiger partial charge on any atom is 0.305 e. The van der Waals surface area contributed by atoms with Crippen LogP contribution in [-0.2, 0) is 9.59 Å². The zero-order valence-corrected chi connectivity index (χ0v) is 15.3. The Hall–Kier alpha value is -2.38. The fraction of sp³-hybridized carbons (Fsp3) is 0.222. The number of carbonyl (C=O) groups is 2. The van der Waals surface area contributed by atoms with Crippen LogP contribution < -0.4 is 10.1 Å². The number of thioether (sulfide) groups is 1. The molecular formula is C18H16ClNO5S. The number of amides is 1. The summed E-state index contributed by atoms with van der Waals surface area (Å²) >= 11 is 7.29. The van der Waals surface area contributed by atoms with Crippen molar-refractivity contribution >= 4 is 40.9 Å². The molecule has 2 atom stereocenters. The van der Waals surface area contributed by atoms with Crippen molar-refractivity contribution < 1.29 is 24.5 Å². The normalized spacial score (nSPS) is 19.2. The van der Waals surface area contributed by atoms with E-state index in [0.29, 0.717) is 27.6 Å². The van der Waals surface area contributed by atoms with Crippen LogP contribution in [0.4, 0.5) is 5.69 Å². The highest BCUT2D eigenvalue weighted by Crippen LogP contribution is 2.49. The number of rotatable bonds is 4. The molecule has 0 aromatic heterocycles. The lowest BCUT2D eigenvalue weighted by molar-refractivity contribution is -0.138. The van der Waals surface area contributed by atoms with Crippen LogP contribution in [0.2, 0.25) is 5.02 Å². The molecule has 2 aromatic rings. The van der Waals surface area contributed by atoms with Crippen molar-refractivity contribution in [2.24, 2.45) is 0 Å². The molecule has 1 aliphatic heterocycles. The zero-order valence-electron chi connectivity index (χ0n) is 13.7. The van der Waals surface area contributed by atoms with E-state index >= 15 is 0 Å². The number of anilines is 1. The second-order valence-corrected chi connectivity index (χ2v) is 7.47. The third kappa shape index (κ3) is 3.59. The lowest BCUT2D eigenvalue weighted by atomic mass is 10.0. The summed E-state index contributed by atoms with van der Waals surface area (Å²) in [6.07, 6.45) is -0.334. The monoisotopic (exact) mass is 393 g/mol. The number of carboxylic acid groups (broad SMARTS) is 1. The number of phenols is 1. The van der Waals surface area contributed by atoms with Crippen LogP contribution in [0.1, 0.15) is 22.8 Å². The number of fused-ring (bicyclic) bond motifs is 1. The fourth-order valence-corrected chi connectivity index (χ4v) is 4.44. The van der Waals surface area contributed by atoms with E-state index in [4.69, 9.17) is 21.4 Å². The van der Waals surface area contributed by atoms with Crippen molar-refractivity contribution in [3.63, 3.8) is 0 Å². The van der Waals surface area contributed by atoms with E-state index in [1.54, 1.807) is 36.4 Å². The van der Waals surface area contributed by atoms with Crippen LogP contribution in [0.3, 0.4) is 0 Å². The standard InChI is InChI=1S/C18H16ClNO5S/c1-25-13-4-2-3-10(16(13)23)17-11-7-9(19)5-6-12(11)20-18(24)14(26-17)8-15(21)22/h2-7,14,17,23H,8H2,1H3,(H,20,24)(H,21,22). The van der Waals surface area contributed by atoms with Gasteiger partial charge in [0.2, 0.25) is 5.91 Å². The minimum absolute atomic E-state index is 0.0538. The largest absolute Gasteiger partial charge is 0.504 e. The highest BCUT2D eigenvalue weighted by molar-refractivity contribution is 8.01. The molecule has 0 saturated heterocycles. The van der Waals surface area contributed by atoms with E-state index < -0.39 is 22.4 Å². The molecule has 0 radical (unpaired) electrons. The topological polar surface area (TPSA) is 95.9 Å². The third-order valence-corrected chi connectivity index (χ3v) is 5.76. The molecule has 8 heteroatoms. The van der Waals surface area contributed by atoms with Gasteiger partial charge in [-0.3, -0.25) is 9.59 Å². The molecule has 3 N–H and O–H groups in total. The van der Waals surface area contributed by atoms with Crippen molar-refractivity contribution in [3.8, 4) is 11.5 Å². The molecule has 0 fully saturated rings.